The number of aromatic nitrogens is 2. The van der Waals surface area contributed by atoms with Gasteiger partial charge >= 0.3 is 5.97 Å². The standard InChI is InChI=1S/C12H16N4O2/c13-7-10-8-14-9-16-12(10)15-6-4-2-1-3-5-11(17)18/h8-9H,1-6H2,(H,17,18)(H,14,15,16). The summed E-state index contributed by atoms with van der Waals surface area (Å²) in [7, 11) is 0. The number of carboxylic acid groups (broad SMARTS) is 1. The minimum absolute atomic E-state index is 0.234. The van der Waals surface area contributed by atoms with Crippen LogP contribution in [-0.4, -0.2) is 27.6 Å². The molecule has 1 heterocycles. The van der Waals surface area contributed by atoms with Crippen LogP contribution < -0.4 is 5.32 Å². The highest BCUT2D eigenvalue weighted by Gasteiger charge is 2.01. The fourth-order valence-electron chi connectivity index (χ4n) is 1.51. The van der Waals surface area contributed by atoms with E-state index in [1.54, 1.807) is 0 Å². The lowest BCUT2D eigenvalue weighted by Crippen LogP contribution is -2.05. The second-order valence-electron chi connectivity index (χ2n) is 3.88. The maximum absolute atomic E-state index is 10.3. The van der Waals surface area contributed by atoms with Crippen molar-refractivity contribution in [1.29, 1.82) is 5.26 Å². The molecule has 0 bridgehead atoms. The van der Waals surface area contributed by atoms with Gasteiger partial charge in [-0.2, -0.15) is 5.26 Å². The Balaban J connectivity index is 2.15. The van der Waals surface area contributed by atoms with Crippen molar-refractivity contribution in [1.82, 2.24) is 9.97 Å². The first-order chi connectivity index (χ1) is 8.74. The fraction of sp³-hybridized carbons (Fsp3) is 0.500. The van der Waals surface area contributed by atoms with Crippen LogP contribution in [0.25, 0.3) is 0 Å². The van der Waals surface area contributed by atoms with Crippen LogP contribution in [0.15, 0.2) is 12.5 Å². The maximum Gasteiger partial charge on any atom is 0.303 e. The normalized spacial score (nSPS) is 9.72. The van der Waals surface area contributed by atoms with Crippen LogP contribution in [0.1, 0.15) is 37.7 Å². The molecular weight excluding hydrogens is 232 g/mol. The molecular formula is C12H16N4O2. The molecule has 0 spiro atoms. The summed E-state index contributed by atoms with van der Waals surface area (Å²) in [6.45, 7) is 0.721. The lowest BCUT2D eigenvalue weighted by molar-refractivity contribution is -0.137. The van der Waals surface area contributed by atoms with E-state index in [1.807, 2.05) is 6.07 Å². The zero-order valence-corrected chi connectivity index (χ0v) is 10.1. The Morgan fingerprint density at radius 3 is 2.89 bits per heavy atom. The largest absolute Gasteiger partial charge is 0.481 e. The van der Waals surface area contributed by atoms with Crippen LogP contribution in [0.2, 0.25) is 0 Å². The molecule has 6 heteroatoms. The quantitative estimate of drug-likeness (QED) is 0.680. The monoisotopic (exact) mass is 248 g/mol. The van der Waals surface area contributed by atoms with E-state index in [4.69, 9.17) is 10.4 Å². The highest BCUT2D eigenvalue weighted by atomic mass is 16.4. The third-order valence-corrected chi connectivity index (χ3v) is 2.44. The van der Waals surface area contributed by atoms with Gasteiger partial charge in [-0.05, 0) is 12.8 Å². The van der Waals surface area contributed by atoms with Crippen LogP contribution in [0.3, 0.4) is 0 Å². The number of carbonyl (C=O) groups is 1. The van der Waals surface area contributed by atoms with Gasteiger partial charge in [0.2, 0.25) is 0 Å². The molecule has 1 aromatic heterocycles. The van der Waals surface area contributed by atoms with E-state index in [-0.39, 0.29) is 6.42 Å². The molecule has 0 aliphatic heterocycles. The lowest BCUT2D eigenvalue weighted by Gasteiger charge is -2.05. The van der Waals surface area contributed by atoms with E-state index in [9.17, 15) is 4.79 Å². The number of carboxylic acids is 1. The Kier molecular flexibility index (Phi) is 6.19. The Bertz CT molecular complexity index is 428. The molecule has 96 valence electrons. The molecule has 0 unspecified atom stereocenters. The molecule has 0 amide bonds. The van der Waals surface area contributed by atoms with Crippen LogP contribution >= 0.6 is 0 Å². The van der Waals surface area contributed by atoms with Gasteiger partial charge in [-0.25, -0.2) is 9.97 Å². The van der Waals surface area contributed by atoms with Crippen molar-refractivity contribution in [2.75, 3.05) is 11.9 Å². The van der Waals surface area contributed by atoms with Crippen molar-refractivity contribution < 1.29 is 9.90 Å². The van der Waals surface area contributed by atoms with Gasteiger partial charge < -0.3 is 10.4 Å². The molecule has 0 aromatic carbocycles. The Morgan fingerprint density at radius 2 is 2.17 bits per heavy atom. The molecule has 0 atom stereocenters. The van der Waals surface area contributed by atoms with E-state index >= 15 is 0 Å². The van der Waals surface area contributed by atoms with Crippen LogP contribution in [0, 0.1) is 11.3 Å². The van der Waals surface area contributed by atoms with Gasteiger partial charge in [-0.15, -0.1) is 0 Å². The summed E-state index contributed by atoms with van der Waals surface area (Å²) < 4.78 is 0. The summed E-state index contributed by atoms with van der Waals surface area (Å²) in [5.74, 6) is -0.189. The van der Waals surface area contributed by atoms with Crippen LogP contribution in [0.5, 0.6) is 0 Å². The van der Waals surface area contributed by atoms with Gasteiger partial charge in [0, 0.05) is 13.0 Å². The number of nitriles is 1. The first kappa shape index (κ1) is 13.9. The first-order valence-electron chi connectivity index (χ1n) is 5.90. The van der Waals surface area contributed by atoms with E-state index in [0.717, 1.165) is 25.8 Å². The van der Waals surface area contributed by atoms with Gasteiger partial charge in [0.1, 0.15) is 23.8 Å². The number of rotatable bonds is 8. The van der Waals surface area contributed by atoms with Gasteiger partial charge in [-0.1, -0.05) is 12.8 Å². The van der Waals surface area contributed by atoms with Gasteiger partial charge in [-0.3, -0.25) is 4.79 Å². The van der Waals surface area contributed by atoms with Crippen LogP contribution in [0.4, 0.5) is 5.82 Å². The highest BCUT2D eigenvalue weighted by Crippen LogP contribution is 2.09. The van der Waals surface area contributed by atoms with Crippen molar-refractivity contribution >= 4 is 11.8 Å². The SMILES string of the molecule is N#Cc1cncnc1NCCCCCCC(=O)O. The van der Waals surface area contributed by atoms with E-state index in [0.29, 0.717) is 17.8 Å². The number of hydrogen-bond donors (Lipinski definition) is 2. The molecule has 0 saturated heterocycles. The average molecular weight is 248 g/mol. The van der Waals surface area contributed by atoms with Gasteiger partial charge in [0.25, 0.3) is 0 Å². The third-order valence-electron chi connectivity index (χ3n) is 2.44. The second kappa shape index (κ2) is 8.01. The molecule has 2 N–H and O–H groups in total. The van der Waals surface area contributed by atoms with Crippen molar-refractivity contribution in [2.45, 2.75) is 32.1 Å². The number of nitrogens with zero attached hydrogens (tertiary/aromatic N) is 3. The zero-order chi connectivity index (χ0) is 13.2. The summed E-state index contributed by atoms with van der Waals surface area (Å²) in [5, 5.41) is 20.4. The zero-order valence-electron chi connectivity index (χ0n) is 10.1. The summed E-state index contributed by atoms with van der Waals surface area (Å²) in [5.41, 5.74) is 0.434. The predicted octanol–water partition coefficient (Wildman–Crippen LogP) is 1.80. The average Bonchev–Trinajstić information content (AvgIpc) is 2.37. The smallest absolute Gasteiger partial charge is 0.303 e. The molecule has 6 nitrogen and oxygen atoms in total. The molecule has 1 rings (SSSR count). The Labute approximate surface area is 106 Å². The lowest BCUT2D eigenvalue weighted by atomic mass is 10.1. The molecule has 1 aromatic rings. The topological polar surface area (TPSA) is 98.9 Å². The molecule has 0 aliphatic rings. The van der Waals surface area contributed by atoms with Crippen molar-refractivity contribution in [2.24, 2.45) is 0 Å². The summed E-state index contributed by atoms with van der Waals surface area (Å²) in [6.07, 6.45) is 6.62. The van der Waals surface area contributed by atoms with Crippen molar-refractivity contribution in [3.05, 3.63) is 18.1 Å². The molecule has 0 aliphatic carbocycles. The van der Waals surface area contributed by atoms with Gasteiger partial charge in [0.15, 0.2) is 0 Å². The maximum atomic E-state index is 10.3. The second-order valence-corrected chi connectivity index (χ2v) is 3.88. The first-order valence-corrected chi connectivity index (χ1v) is 5.90. The third kappa shape index (κ3) is 5.25. The molecule has 0 radical (unpaired) electrons. The number of hydrogen-bond acceptors (Lipinski definition) is 5. The number of anilines is 1. The van der Waals surface area contributed by atoms with Crippen molar-refractivity contribution in [3.63, 3.8) is 0 Å². The number of aliphatic carboxylic acids is 1. The van der Waals surface area contributed by atoms with Crippen molar-refractivity contribution in [3.8, 4) is 6.07 Å². The van der Waals surface area contributed by atoms with E-state index in [2.05, 4.69) is 15.3 Å². The molecule has 0 saturated carbocycles. The number of nitrogens with one attached hydrogen (secondary N) is 1. The Morgan fingerprint density at radius 1 is 1.39 bits per heavy atom. The van der Waals surface area contributed by atoms with E-state index in [1.165, 1.54) is 12.5 Å². The van der Waals surface area contributed by atoms with Crippen LogP contribution in [-0.2, 0) is 4.79 Å². The van der Waals surface area contributed by atoms with E-state index < -0.39 is 5.97 Å². The Hall–Kier alpha value is -2.16. The molecule has 0 fully saturated rings. The predicted molar refractivity (Wildman–Crippen MR) is 66.0 cm³/mol. The summed E-state index contributed by atoms with van der Waals surface area (Å²) in [4.78, 5) is 18.0. The minimum Gasteiger partial charge on any atom is -0.481 e. The van der Waals surface area contributed by atoms with Gasteiger partial charge in [0.05, 0.1) is 6.20 Å². The molecule has 18 heavy (non-hydrogen) atoms. The minimum atomic E-state index is -0.743. The number of unbranched alkanes of at least 4 members (excludes halogenated alkanes) is 3. The summed E-state index contributed by atoms with van der Waals surface area (Å²) in [6, 6.07) is 2.02. The highest BCUT2D eigenvalue weighted by molar-refractivity contribution is 5.66. The fourth-order valence-corrected chi connectivity index (χ4v) is 1.51. The summed E-state index contributed by atoms with van der Waals surface area (Å²) >= 11 is 0.